The third kappa shape index (κ3) is 2.78. The number of imidazole rings is 1. The minimum atomic E-state index is 0. The van der Waals surface area contributed by atoms with Crippen molar-refractivity contribution in [2.24, 2.45) is 0 Å². The molecule has 0 unspecified atom stereocenters. The van der Waals surface area contributed by atoms with E-state index in [-0.39, 0.29) is 20.1 Å². The second-order valence-electron chi connectivity index (χ2n) is 8.14. The fraction of sp³-hybridized carbons (Fsp3) is 0.111. The van der Waals surface area contributed by atoms with Gasteiger partial charge in [0, 0.05) is 60.2 Å². The Morgan fingerprint density at radius 2 is 1.79 bits per heavy atom. The molecule has 7 rings (SSSR count). The number of thiazole rings is 1. The zero-order chi connectivity index (χ0) is 21.4. The maximum Gasteiger partial charge on any atom is 0.112 e. The molecule has 0 aliphatic carbocycles. The van der Waals surface area contributed by atoms with Gasteiger partial charge < -0.3 is 8.97 Å². The summed E-state index contributed by atoms with van der Waals surface area (Å²) < 4.78 is 4.65. The summed E-state index contributed by atoms with van der Waals surface area (Å²) in [6, 6.07) is 24.9. The molecule has 4 nitrogen and oxygen atoms in total. The van der Waals surface area contributed by atoms with E-state index in [0.717, 1.165) is 49.6 Å². The van der Waals surface area contributed by atoms with Gasteiger partial charge in [-0.2, -0.15) is 0 Å². The van der Waals surface area contributed by atoms with Crippen molar-refractivity contribution in [2.75, 3.05) is 0 Å². The summed E-state index contributed by atoms with van der Waals surface area (Å²) in [5.74, 6) is 0. The van der Waals surface area contributed by atoms with Gasteiger partial charge in [0.25, 0.3) is 0 Å². The number of aryl methyl sites for hydroxylation is 2. The number of nitrogens with zero attached hydrogens (tertiary/aromatic N) is 4. The molecule has 0 atom stereocenters. The largest absolute Gasteiger partial charge is 0.341 e. The standard InChI is InChI=1S/C27H19N4S.Ir/c1-3-30-22-11-7-6-8-18(22)21-14-17(12-13-23(21)30)24-15-28-26-20-10-5-4-9-19(20)25-27(31(24)26)32-16(2)29-25;/h4-9,11-15H,3H2,1-2H3;/q-1;. The van der Waals surface area contributed by atoms with Gasteiger partial charge >= 0.3 is 0 Å². The first-order valence-electron chi connectivity index (χ1n) is 10.8. The number of rotatable bonds is 2. The zero-order valence-corrected chi connectivity index (χ0v) is 21.3. The van der Waals surface area contributed by atoms with Crippen molar-refractivity contribution in [1.82, 2.24) is 18.9 Å². The fourth-order valence-electron chi connectivity index (χ4n) is 5.05. The van der Waals surface area contributed by atoms with Crippen LogP contribution in [0.1, 0.15) is 11.9 Å². The zero-order valence-electron chi connectivity index (χ0n) is 18.1. The number of pyridine rings is 1. The van der Waals surface area contributed by atoms with Gasteiger partial charge in [-0.1, -0.05) is 35.0 Å². The van der Waals surface area contributed by atoms with E-state index in [1.165, 1.54) is 21.8 Å². The van der Waals surface area contributed by atoms with Crippen molar-refractivity contribution in [3.8, 4) is 11.3 Å². The third-order valence-corrected chi connectivity index (χ3v) is 7.36. The average Bonchev–Trinajstić information content (AvgIpc) is 3.52. The van der Waals surface area contributed by atoms with Crippen LogP contribution in [0.2, 0.25) is 0 Å². The van der Waals surface area contributed by atoms with Crippen LogP contribution in [-0.4, -0.2) is 18.9 Å². The summed E-state index contributed by atoms with van der Waals surface area (Å²) in [4.78, 5) is 10.8. The number of para-hydroxylation sites is 1. The summed E-state index contributed by atoms with van der Waals surface area (Å²) in [5.41, 5.74) is 6.75. The molecular formula is C27H19IrN4S-. The molecule has 0 amide bonds. The smallest absolute Gasteiger partial charge is 0.112 e. The van der Waals surface area contributed by atoms with Crippen LogP contribution in [0.5, 0.6) is 0 Å². The molecule has 0 N–H and O–H groups in total. The quantitative estimate of drug-likeness (QED) is 0.195. The summed E-state index contributed by atoms with van der Waals surface area (Å²) in [6.45, 7) is 5.22. The normalized spacial score (nSPS) is 11.8. The Morgan fingerprint density at radius 3 is 2.67 bits per heavy atom. The summed E-state index contributed by atoms with van der Waals surface area (Å²) in [7, 11) is 0. The molecule has 3 aromatic carbocycles. The molecule has 4 aromatic heterocycles. The summed E-state index contributed by atoms with van der Waals surface area (Å²) in [6.07, 6.45) is 1.99. The molecule has 33 heavy (non-hydrogen) atoms. The maximum absolute atomic E-state index is 4.86. The van der Waals surface area contributed by atoms with E-state index in [1.807, 2.05) is 18.3 Å². The number of benzene rings is 3. The maximum atomic E-state index is 4.86. The SMILES string of the molecule is CCn1c2ccccc2c2cc(-c3cnc4c5[c-]cccc5c5nc(C)sc5n34)ccc21.[Ir]. The minimum Gasteiger partial charge on any atom is -0.341 e. The van der Waals surface area contributed by atoms with E-state index < -0.39 is 0 Å². The van der Waals surface area contributed by atoms with Gasteiger partial charge in [0.05, 0.1) is 21.9 Å². The molecule has 6 heteroatoms. The van der Waals surface area contributed by atoms with E-state index in [9.17, 15) is 0 Å². The Bertz CT molecular complexity index is 1840. The van der Waals surface area contributed by atoms with Crippen LogP contribution in [0, 0.1) is 13.0 Å². The van der Waals surface area contributed by atoms with Gasteiger partial charge in [-0.3, -0.25) is 4.98 Å². The molecule has 0 bridgehead atoms. The van der Waals surface area contributed by atoms with Crippen molar-refractivity contribution in [3.05, 3.63) is 77.9 Å². The van der Waals surface area contributed by atoms with Crippen molar-refractivity contribution in [2.45, 2.75) is 20.4 Å². The van der Waals surface area contributed by atoms with E-state index in [1.54, 1.807) is 11.3 Å². The van der Waals surface area contributed by atoms with Crippen LogP contribution >= 0.6 is 11.3 Å². The van der Waals surface area contributed by atoms with Gasteiger partial charge in [-0.15, -0.1) is 35.6 Å². The molecular weight excluding hydrogens is 605 g/mol. The summed E-state index contributed by atoms with van der Waals surface area (Å²) in [5, 5.41) is 5.74. The van der Waals surface area contributed by atoms with Gasteiger partial charge in [-0.05, 0) is 32.0 Å². The van der Waals surface area contributed by atoms with Gasteiger partial charge in [-0.25, -0.2) is 4.98 Å². The van der Waals surface area contributed by atoms with Crippen molar-refractivity contribution in [3.63, 3.8) is 0 Å². The molecule has 0 saturated heterocycles. The van der Waals surface area contributed by atoms with E-state index in [4.69, 9.17) is 9.97 Å². The first kappa shape index (κ1) is 20.5. The third-order valence-electron chi connectivity index (χ3n) is 6.40. The Balaban J connectivity index is 0.00000206. The number of hydrogen-bond donors (Lipinski definition) is 0. The molecule has 1 radical (unpaired) electrons. The molecule has 0 fully saturated rings. The Labute approximate surface area is 207 Å². The monoisotopic (exact) mass is 624 g/mol. The Hall–Kier alpha value is -3.05. The predicted molar refractivity (Wildman–Crippen MR) is 134 cm³/mol. The minimum absolute atomic E-state index is 0. The van der Waals surface area contributed by atoms with Crippen molar-refractivity contribution in [1.29, 1.82) is 0 Å². The topological polar surface area (TPSA) is 35.1 Å². The van der Waals surface area contributed by atoms with Gasteiger partial charge in [0.2, 0.25) is 0 Å². The van der Waals surface area contributed by atoms with Crippen LogP contribution < -0.4 is 0 Å². The van der Waals surface area contributed by atoms with Gasteiger partial charge in [0.15, 0.2) is 0 Å². The van der Waals surface area contributed by atoms with Crippen molar-refractivity contribution < 1.29 is 20.1 Å². The van der Waals surface area contributed by atoms with E-state index in [0.29, 0.717) is 0 Å². The first-order chi connectivity index (χ1) is 15.7. The Morgan fingerprint density at radius 1 is 0.970 bits per heavy atom. The molecule has 7 aromatic rings. The van der Waals surface area contributed by atoms with Crippen LogP contribution in [-0.2, 0) is 26.7 Å². The second kappa shape index (κ2) is 7.49. The second-order valence-corrected chi connectivity index (χ2v) is 9.32. The molecule has 0 spiro atoms. The van der Waals surface area contributed by atoms with Crippen LogP contribution in [0.3, 0.4) is 0 Å². The van der Waals surface area contributed by atoms with Crippen molar-refractivity contribution >= 4 is 59.9 Å². The average molecular weight is 624 g/mol. The fourth-order valence-corrected chi connectivity index (χ4v) is 6.00. The molecule has 0 aliphatic rings. The molecule has 0 saturated carbocycles. The van der Waals surface area contributed by atoms with Crippen LogP contribution in [0.25, 0.3) is 59.8 Å². The molecule has 4 heterocycles. The molecule has 0 aliphatic heterocycles. The first-order valence-corrected chi connectivity index (χ1v) is 11.6. The van der Waals surface area contributed by atoms with E-state index >= 15 is 0 Å². The van der Waals surface area contributed by atoms with Crippen LogP contribution in [0.15, 0.2) is 66.9 Å². The van der Waals surface area contributed by atoms with Gasteiger partial charge in [0.1, 0.15) is 4.83 Å². The van der Waals surface area contributed by atoms with Crippen LogP contribution in [0.4, 0.5) is 0 Å². The number of hydrogen-bond acceptors (Lipinski definition) is 3. The number of fused-ring (bicyclic) bond motifs is 9. The predicted octanol–water partition coefficient (Wildman–Crippen LogP) is 7.00. The number of aromatic nitrogens is 4. The van der Waals surface area contributed by atoms with E-state index in [2.05, 4.69) is 77.4 Å². The molecule has 163 valence electrons. The summed E-state index contributed by atoms with van der Waals surface area (Å²) >= 11 is 1.72. The Kier molecular flexibility index (Phi) is 4.66.